The fraction of sp³-hybridized carbons (Fsp3) is 0.400. The van der Waals surface area contributed by atoms with Crippen molar-refractivity contribution in [3.05, 3.63) is 62.4 Å². The number of H-pyrrole nitrogens is 1. The van der Waals surface area contributed by atoms with Gasteiger partial charge in [0.2, 0.25) is 35.7 Å². The van der Waals surface area contributed by atoms with Crippen LogP contribution in [0.4, 0.5) is 41.4 Å². The van der Waals surface area contributed by atoms with E-state index in [1.807, 2.05) is 61.4 Å². The second-order valence-electron chi connectivity index (χ2n) is 11.3. The van der Waals surface area contributed by atoms with Crippen molar-refractivity contribution in [2.24, 2.45) is 14.1 Å². The zero-order chi connectivity index (χ0) is 33.5. The van der Waals surface area contributed by atoms with Crippen LogP contribution in [0.1, 0.15) is 21.1 Å². The Morgan fingerprint density at radius 1 is 0.875 bits per heavy atom. The predicted molar refractivity (Wildman–Crippen MR) is 192 cm³/mol. The molecule has 0 saturated heterocycles. The second-order valence-corrected chi connectivity index (χ2v) is 13.3. The molecule has 6 heterocycles. The third-order valence-corrected chi connectivity index (χ3v) is 9.78. The number of rotatable bonds is 18. The highest BCUT2D eigenvalue weighted by molar-refractivity contribution is 7.10. The molecule has 6 aromatic rings. The summed E-state index contributed by atoms with van der Waals surface area (Å²) in [6.07, 6.45) is 4.23. The number of furan rings is 1. The Morgan fingerprint density at radius 2 is 1.62 bits per heavy atom. The molecule has 6 aromatic heterocycles. The van der Waals surface area contributed by atoms with E-state index in [1.54, 1.807) is 28.9 Å². The highest BCUT2D eigenvalue weighted by Gasteiger charge is 2.15. The highest BCUT2D eigenvalue weighted by atomic mass is 32.1. The van der Waals surface area contributed by atoms with Crippen LogP contribution in [0, 0.1) is 0 Å². The number of likely N-dealkylation sites (N-methyl/N-ethyl adjacent to an activating group) is 1. The van der Waals surface area contributed by atoms with Crippen LogP contribution >= 0.6 is 22.7 Å². The summed E-state index contributed by atoms with van der Waals surface area (Å²) >= 11 is 3.47. The summed E-state index contributed by atoms with van der Waals surface area (Å²) in [5.41, 5.74) is 2.23. The number of aromatic amines is 1. The van der Waals surface area contributed by atoms with Gasteiger partial charge in [0, 0.05) is 83.0 Å². The molecule has 0 aromatic carbocycles. The summed E-state index contributed by atoms with van der Waals surface area (Å²) in [6.45, 7) is 3.00. The maximum Gasteiger partial charge on any atom is 0.246 e. The molecule has 48 heavy (non-hydrogen) atoms. The molecule has 5 N–H and O–H groups in total. The summed E-state index contributed by atoms with van der Waals surface area (Å²) in [6, 6.07) is 8.27. The molecule has 0 spiro atoms. The molecular formula is C30H41N15OS2. The van der Waals surface area contributed by atoms with Crippen molar-refractivity contribution in [2.45, 2.75) is 25.8 Å². The Hall–Kier alpha value is -5.10. The van der Waals surface area contributed by atoms with E-state index in [4.69, 9.17) is 4.42 Å². The number of hydrogen-bond donors (Lipinski definition) is 5. The molecule has 0 saturated carbocycles. The molecule has 0 aliphatic heterocycles. The van der Waals surface area contributed by atoms with Gasteiger partial charge >= 0.3 is 0 Å². The van der Waals surface area contributed by atoms with E-state index in [9.17, 15) is 0 Å². The minimum absolute atomic E-state index is 0.650. The van der Waals surface area contributed by atoms with Gasteiger partial charge in [-0.2, -0.15) is 4.98 Å². The van der Waals surface area contributed by atoms with E-state index in [1.165, 1.54) is 15.3 Å². The minimum Gasteiger partial charge on any atom is -0.469 e. The zero-order valence-corrected chi connectivity index (χ0v) is 29.3. The van der Waals surface area contributed by atoms with Crippen LogP contribution in [0.15, 0.2) is 45.7 Å². The lowest BCUT2D eigenvalue weighted by molar-refractivity contribution is 0.512. The maximum absolute atomic E-state index is 5.40. The van der Waals surface area contributed by atoms with Gasteiger partial charge in [-0.05, 0) is 48.1 Å². The van der Waals surface area contributed by atoms with Gasteiger partial charge in [-0.3, -0.25) is 9.13 Å². The first-order chi connectivity index (χ1) is 23.4. The van der Waals surface area contributed by atoms with E-state index in [-0.39, 0.29) is 0 Å². The van der Waals surface area contributed by atoms with E-state index in [0.717, 1.165) is 74.7 Å². The van der Waals surface area contributed by atoms with Crippen molar-refractivity contribution in [1.82, 2.24) is 44.7 Å². The summed E-state index contributed by atoms with van der Waals surface area (Å²) < 4.78 is 9.31. The van der Waals surface area contributed by atoms with Crippen LogP contribution in [0.5, 0.6) is 0 Å². The average molecular weight is 692 g/mol. The summed E-state index contributed by atoms with van der Waals surface area (Å²) in [5.74, 6) is 5.19. The lowest BCUT2D eigenvalue weighted by atomic mass is 10.2. The fourth-order valence-electron chi connectivity index (χ4n) is 5.05. The molecule has 0 aliphatic rings. The largest absolute Gasteiger partial charge is 0.469 e. The first kappa shape index (κ1) is 32.8. The number of nitrogens with one attached hydrogen (secondary N) is 5. The van der Waals surface area contributed by atoms with Crippen LogP contribution in [0.25, 0.3) is 0 Å². The standard InChI is InChI=1S/C30H41N15OS2/c1-31-25-35-28(39-36-25)42(2)13-10-24-16-21(19-48-24)34-29-40-37-26(44(29)4)33-12-9-23-15-20(18-47-23)17-43(3)30-41-38-27(45(30)5)32-11-8-22-7-6-14-46-22/h6-7,14-16,18-19H,8-13,17H2,1-5H3,(H,32,38)(H,33,37)(H,34,40)(H2,31,35,36,39). The van der Waals surface area contributed by atoms with Gasteiger partial charge in [0.05, 0.1) is 12.0 Å². The molecule has 0 unspecified atom stereocenters. The van der Waals surface area contributed by atoms with Crippen LogP contribution in [0.2, 0.25) is 0 Å². The molecule has 0 bridgehead atoms. The summed E-state index contributed by atoms with van der Waals surface area (Å²) in [5, 5.41) is 42.0. The van der Waals surface area contributed by atoms with Crippen molar-refractivity contribution in [1.29, 1.82) is 0 Å². The third kappa shape index (κ3) is 8.06. The Kier molecular flexibility index (Phi) is 10.4. The number of thiophene rings is 2. The van der Waals surface area contributed by atoms with Crippen molar-refractivity contribution in [3.63, 3.8) is 0 Å². The van der Waals surface area contributed by atoms with E-state index in [0.29, 0.717) is 17.8 Å². The molecule has 254 valence electrons. The molecule has 0 fully saturated rings. The van der Waals surface area contributed by atoms with Crippen LogP contribution < -0.4 is 31.1 Å². The topological polar surface area (TPSA) is 171 Å². The monoisotopic (exact) mass is 691 g/mol. The van der Waals surface area contributed by atoms with Gasteiger partial charge in [0.1, 0.15) is 5.76 Å². The fourth-order valence-corrected chi connectivity index (χ4v) is 6.75. The number of hydrogen-bond acceptors (Lipinski definition) is 15. The molecule has 18 heteroatoms. The van der Waals surface area contributed by atoms with Gasteiger partial charge in [0.25, 0.3) is 0 Å². The molecular weight excluding hydrogens is 651 g/mol. The zero-order valence-electron chi connectivity index (χ0n) is 27.7. The van der Waals surface area contributed by atoms with Gasteiger partial charge < -0.3 is 35.5 Å². The Labute approximate surface area is 286 Å². The van der Waals surface area contributed by atoms with Gasteiger partial charge in [-0.25, -0.2) is 5.10 Å². The smallest absolute Gasteiger partial charge is 0.246 e. The Balaban J connectivity index is 0.932. The first-order valence-corrected chi connectivity index (χ1v) is 17.3. The first-order valence-electron chi connectivity index (χ1n) is 15.6. The average Bonchev–Trinajstić information content (AvgIpc) is 3.93. The molecule has 0 amide bonds. The van der Waals surface area contributed by atoms with Gasteiger partial charge in [0.15, 0.2) is 0 Å². The van der Waals surface area contributed by atoms with Crippen molar-refractivity contribution in [3.8, 4) is 0 Å². The summed E-state index contributed by atoms with van der Waals surface area (Å²) in [7, 11) is 9.75. The number of aromatic nitrogens is 9. The van der Waals surface area contributed by atoms with Crippen LogP contribution in [-0.2, 0) is 39.9 Å². The van der Waals surface area contributed by atoms with Gasteiger partial charge in [-0.15, -0.1) is 48.2 Å². The Morgan fingerprint density at radius 3 is 2.42 bits per heavy atom. The second kappa shape index (κ2) is 15.2. The van der Waals surface area contributed by atoms with Crippen molar-refractivity contribution >= 4 is 64.1 Å². The normalized spacial score (nSPS) is 11.2. The lowest BCUT2D eigenvalue weighted by Gasteiger charge is -2.17. The van der Waals surface area contributed by atoms with Crippen molar-refractivity contribution in [2.75, 3.05) is 71.8 Å². The quantitative estimate of drug-likeness (QED) is 0.0870. The van der Waals surface area contributed by atoms with Gasteiger partial charge in [-0.1, -0.05) is 0 Å². The highest BCUT2D eigenvalue weighted by Crippen LogP contribution is 2.25. The van der Waals surface area contributed by atoms with Crippen LogP contribution in [0.3, 0.4) is 0 Å². The van der Waals surface area contributed by atoms with E-state index < -0.39 is 0 Å². The molecule has 16 nitrogen and oxygen atoms in total. The lowest BCUT2D eigenvalue weighted by Crippen LogP contribution is -2.21. The number of anilines is 7. The van der Waals surface area contributed by atoms with Crippen LogP contribution in [-0.4, -0.2) is 85.5 Å². The van der Waals surface area contributed by atoms with E-state index in [2.05, 4.69) is 84.6 Å². The SMILES string of the molecule is CNc1nc(N(C)CCc2cc(Nc3nnc(NCCc4cc(CN(C)c5nnc(NCCc6ccco6)n5C)cs4)n3C)cs2)n[nH]1. The predicted octanol–water partition coefficient (Wildman–Crippen LogP) is 4.19. The Bertz CT molecular complexity index is 1870. The molecule has 0 radical (unpaired) electrons. The number of nitrogens with zero attached hydrogens (tertiary/aromatic N) is 10. The maximum atomic E-state index is 5.40. The van der Waals surface area contributed by atoms with E-state index >= 15 is 0 Å². The molecule has 6 rings (SSSR count). The summed E-state index contributed by atoms with van der Waals surface area (Å²) in [4.78, 5) is 11.1. The minimum atomic E-state index is 0.650. The molecule has 0 atom stereocenters. The molecule has 0 aliphatic carbocycles. The van der Waals surface area contributed by atoms with Crippen molar-refractivity contribution < 1.29 is 4.42 Å². The third-order valence-electron chi connectivity index (χ3n) is 7.74.